The summed E-state index contributed by atoms with van der Waals surface area (Å²) in [6.45, 7) is 0. The summed E-state index contributed by atoms with van der Waals surface area (Å²) in [7, 11) is 0. The van der Waals surface area contributed by atoms with E-state index in [0.717, 1.165) is 11.3 Å². The number of carbonyl (C=O) groups is 2. The smallest absolute Gasteiger partial charge is 0.455 e. The highest BCUT2D eigenvalue weighted by molar-refractivity contribution is 7.12. The van der Waals surface area contributed by atoms with E-state index in [9.17, 15) is 36.6 Å². The Balaban J connectivity index is 1.76. The van der Waals surface area contributed by atoms with E-state index in [0.29, 0.717) is 12.0 Å². The van der Waals surface area contributed by atoms with Gasteiger partial charge in [0.2, 0.25) is 0 Å². The molecule has 0 aromatic carbocycles. The Kier molecular flexibility index (Phi) is 5.23. The van der Waals surface area contributed by atoms with Gasteiger partial charge in [0.1, 0.15) is 0 Å². The van der Waals surface area contributed by atoms with E-state index in [2.05, 4.69) is 10.1 Å². The van der Waals surface area contributed by atoms with Crippen LogP contribution in [0.1, 0.15) is 46.8 Å². The third-order valence-corrected chi connectivity index (χ3v) is 6.58. The van der Waals surface area contributed by atoms with E-state index in [-0.39, 0.29) is 52.1 Å². The van der Waals surface area contributed by atoms with Gasteiger partial charge in [-0.15, -0.1) is 11.3 Å². The number of Topliss-reactive ketones (excluding diaryl/α,β-unsaturated/α-hetero) is 1. The summed E-state index contributed by atoms with van der Waals surface area (Å²) in [5, 5.41) is 12.2. The molecule has 1 N–H and O–H groups in total. The zero-order chi connectivity index (χ0) is 22.6. The Morgan fingerprint density at radius 3 is 2.52 bits per heavy atom. The molecule has 0 spiro atoms. The molecule has 0 saturated carbocycles. The number of fused-ring (bicyclic) bond motifs is 1. The highest BCUT2D eigenvalue weighted by Gasteiger charge is 2.41. The molecule has 6 nitrogen and oxygen atoms in total. The topological polar surface area (TPSA) is 93.3 Å². The number of aromatic nitrogens is 2. The van der Waals surface area contributed by atoms with Crippen LogP contribution in [-0.2, 0) is 35.0 Å². The van der Waals surface area contributed by atoms with Crippen molar-refractivity contribution in [2.24, 2.45) is 0 Å². The zero-order valence-corrected chi connectivity index (χ0v) is 16.6. The standard InChI is InChI=1S/C19H15F5N2O4S/c20-18(21)5-4-10-13(7-18)31-12(6-11(27)8-2-1-3-9(8)16(28)29)14(10)15-25-17(26-30-15)19(22,23)24/h1-7H2,(H,28,29). The lowest BCUT2D eigenvalue weighted by atomic mass is 9.91. The number of alkyl halides is 5. The fourth-order valence-electron chi connectivity index (χ4n) is 3.96. The predicted octanol–water partition coefficient (Wildman–Crippen LogP) is 4.62. The van der Waals surface area contributed by atoms with Crippen molar-refractivity contribution in [1.29, 1.82) is 0 Å². The first-order valence-electron chi connectivity index (χ1n) is 9.37. The highest BCUT2D eigenvalue weighted by Crippen LogP contribution is 2.45. The number of carboxylic acid groups (broad SMARTS) is 1. The number of hydrogen-bond donors (Lipinski definition) is 1. The van der Waals surface area contributed by atoms with Crippen molar-refractivity contribution in [2.75, 3.05) is 0 Å². The summed E-state index contributed by atoms with van der Waals surface area (Å²) in [5.41, 5.74) is 0.602. The molecular formula is C19H15F5N2O4S. The van der Waals surface area contributed by atoms with Gasteiger partial charge < -0.3 is 9.63 Å². The summed E-state index contributed by atoms with van der Waals surface area (Å²) in [6.07, 6.45) is -5.38. The second-order valence-corrected chi connectivity index (χ2v) is 8.66. The Labute approximate surface area is 175 Å². The van der Waals surface area contributed by atoms with Gasteiger partial charge in [-0.2, -0.15) is 18.2 Å². The number of aliphatic carboxylic acids is 1. The third kappa shape index (κ3) is 4.12. The van der Waals surface area contributed by atoms with Crippen LogP contribution in [0.4, 0.5) is 22.0 Å². The van der Waals surface area contributed by atoms with Gasteiger partial charge in [0.15, 0.2) is 5.78 Å². The van der Waals surface area contributed by atoms with Crippen LogP contribution in [0, 0.1) is 0 Å². The van der Waals surface area contributed by atoms with Crippen molar-refractivity contribution in [3.63, 3.8) is 0 Å². The van der Waals surface area contributed by atoms with Gasteiger partial charge >= 0.3 is 12.1 Å². The number of rotatable bonds is 5. The van der Waals surface area contributed by atoms with Gasteiger partial charge in [-0.3, -0.25) is 4.79 Å². The average Bonchev–Trinajstić information content (AvgIpc) is 3.37. The van der Waals surface area contributed by atoms with E-state index in [1.54, 1.807) is 0 Å². The molecule has 0 fully saturated rings. The van der Waals surface area contributed by atoms with Gasteiger partial charge in [0.25, 0.3) is 17.6 Å². The van der Waals surface area contributed by atoms with Crippen LogP contribution in [0.15, 0.2) is 15.7 Å². The first kappa shape index (κ1) is 21.6. The molecule has 2 aromatic rings. The van der Waals surface area contributed by atoms with Crippen molar-refractivity contribution in [3.05, 3.63) is 32.3 Å². The lowest BCUT2D eigenvalue weighted by Gasteiger charge is -2.21. The minimum Gasteiger partial charge on any atom is -0.478 e. The summed E-state index contributed by atoms with van der Waals surface area (Å²) in [6, 6.07) is 0. The number of nitrogens with zero attached hydrogens (tertiary/aromatic N) is 2. The second-order valence-electron chi connectivity index (χ2n) is 7.47. The minimum absolute atomic E-state index is 0.0107. The van der Waals surface area contributed by atoms with Gasteiger partial charge in [-0.1, -0.05) is 5.16 Å². The molecule has 0 atom stereocenters. The molecule has 0 saturated heterocycles. The van der Waals surface area contributed by atoms with Crippen LogP contribution >= 0.6 is 11.3 Å². The fourth-order valence-corrected chi connectivity index (χ4v) is 5.38. The van der Waals surface area contributed by atoms with Crippen LogP contribution in [0.5, 0.6) is 0 Å². The maximum absolute atomic E-state index is 13.9. The fraction of sp³-hybridized carbons (Fsp3) is 0.474. The van der Waals surface area contributed by atoms with Crippen molar-refractivity contribution in [1.82, 2.24) is 10.1 Å². The van der Waals surface area contributed by atoms with Crippen molar-refractivity contribution >= 4 is 23.1 Å². The third-order valence-electron chi connectivity index (χ3n) is 5.35. The van der Waals surface area contributed by atoms with E-state index in [1.807, 2.05) is 0 Å². The van der Waals surface area contributed by atoms with Crippen LogP contribution in [0.25, 0.3) is 11.5 Å². The molecule has 31 heavy (non-hydrogen) atoms. The molecular weight excluding hydrogens is 447 g/mol. The quantitative estimate of drug-likeness (QED) is 0.652. The first-order valence-corrected chi connectivity index (χ1v) is 10.2. The number of carbonyl (C=O) groups excluding carboxylic acids is 1. The average molecular weight is 462 g/mol. The van der Waals surface area contributed by atoms with E-state index >= 15 is 0 Å². The Morgan fingerprint density at radius 2 is 1.87 bits per heavy atom. The maximum Gasteiger partial charge on any atom is 0.455 e. The number of thiophene rings is 1. The Bertz CT molecular complexity index is 1100. The molecule has 2 aliphatic carbocycles. The molecule has 2 aromatic heterocycles. The minimum atomic E-state index is -4.86. The molecule has 0 amide bonds. The summed E-state index contributed by atoms with van der Waals surface area (Å²) < 4.78 is 71.3. The number of ketones is 1. The van der Waals surface area contributed by atoms with E-state index in [1.165, 1.54) is 0 Å². The predicted molar refractivity (Wildman–Crippen MR) is 96.8 cm³/mol. The molecule has 2 heterocycles. The Morgan fingerprint density at radius 1 is 1.16 bits per heavy atom. The zero-order valence-electron chi connectivity index (χ0n) is 15.8. The lowest BCUT2D eigenvalue weighted by Crippen LogP contribution is -2.24. The number of allylic oxidation sites excluding steroid dienone is 1. The van der Waals surface area contributed by atoms with Crippen molar-refractivity contribution in [2.45, 2.75) is 57.0 Å². The summed E-state index contributed by atoms with van der Waals surface area (Å²) in [4.78, 5) is 28.0. The molecule has 4 rings (SSSR count). The SMILES string of the molecule is O=C(O)C1=C(C(=O)Cc2sc3c(c2-c2nc(C(F)(F)F)no2)CCC(F)(F)C3)CCC1. The van der Waals surface area contributed by atoms with E-state index in [4.69, 9.17) is 4.52 Å². The van der Waals surface area contributed by atoms with Crippen LogP contribution in [0.2, 0.25) is 0 Å². The van der Waals surface area contributed by atoms with Crippen molar-refractivity contribution < 1.29 is 41.2 Å². The van der Waals surface area contributed by atoms with Gasteiger partial charge in [0.05, 0.1) is 5.56 Å². The number of halogens is 5. The molecule has 12 heteroatoms. The lowest BCUT2D eigenvalue weighted by molar-refractivity contribution is -0.146. The number of hydrogen-bond acceptors (Lipinski definition) is 6. The van der Waals surface area contributed by atoms with Crippen molar-refractivity contribution in [3.8, 4) is 11.5 Å². The molecule has 0 aliphatic heterocycles. The molecule has 0 bridgehead atoms. The van der Waals surface area contributed by atoms with E-state index < -0.39 is 48.4 Å². The summed E-state index contributed by atoms with van der Waals surface area (Å²) in [5.74, 6) is -6.66. The maximum atomic E-state index is 13.9. The second kappa shape index (κ2) is 7.50. The van der Waals surface area contributed by atoms with Crippen LogP contribution in [-0.4, -0.2) is 32.9 Å². The monoisotopic (exact) mass is 462 g/mol. The summed E-state index contributed by atoms with van der Waals surface area (Å²) >= 11 is 0.893. The molecule has 2 aliphatic rings. The van der Waals surface area contributed by atoms with Crippen LogP contribution < -0.4 is 0 Å². The van der Waals surface area contributed by atoms with Gasteiger partial charge in [-0.05, 0) is 31.2 Å². The normalized spacial score (nSPS) is 18.4. The first-order chi connectivity index (χ1) is 14.5. The molecule has 0 unspecified atom stereocenters. The van der Waals surface area contributed by atoms with Gasteiger partial charge in [-0.25, -0.2) is 13.6 Å². The largest absolute Gasteiger partial charge is 0.478 e. The van der Waals surface area contributed by atoms with Crippen LogP contribution in [0.3, 0.4) is 0 Å². The molecule has 0 radical (unpaired) electrons. The molecule has 166 valence electrons. The number of carboxylic acids is 1. The van der Waals surface area contributed by atoms with Gasteiger partial charge in [0, 0.05) is 40.2 Å². The Hall–Kier alpha value is -2.63. The highest BCUT2D eigenvalue weighted by atomic mass is 32.1.